The lowest BCUT2D eigenvalue weighted by Gasteiger charge is -2.12. The summed E-state index contributed by atoms with van der Waals surface area (Å²) >= 11 is 0. The van der Waals surface area contributed by atoms with Crippen molar-refractivity contribution in [3.8, 4) is 0 Å². The molecule has 0 radical (unpaired) electrons. The minimum absolute atomic E-state index is 0.182. The number of nitrogens with one attached hydrogen (secondary N) is 5. The summed E-state index contributed by atoms with van der Waals surface area (Å²) in [6, 6.07) is 18.2. The quantitative estimate of drug-likeness (QED) is 0.225. The topological polar surface area (TPSA) is 98.1 Å². The number of halogens is 2. The van der Waals surface area contributed by atoms with Crippen molar-refractivity contribution >= 4 is 52.0 Å². The van der Waals surface area contributed by atoms with Gasteiger partial charge >= 0.3 is 6.03 Å². The fourth-order valence-electron chi connectivity index (χ4n) is 3.72. The third kappa shape index (κ3) is 4.88. The maximum atomic E-state index is 13.8. The Labute approximate surface area is 198 Å². The predicted molar refractivity (Wildman–Crippen MR) is 132 cm³/mol. The second-order valence-corrected chi connectivity index (χ2v) is 7.81. The van der Waals surface area contributed by atoms with Gasteiger partial charge in [-0.3, -0.25) is 4.79 Å². The van der Waals surface area contributed by atoms with Gasteiger partial charge in [-0.05, 0) is 60.7 Å². The lowest BCUT2D eigenvalue weighted by atomic mass is 10.1. The van der Waals surface area contributed by atoms with Gasteiger partial charge in [0.15, 0.2) is 0 Å². The van der Waals surface area contributed by atoms with Crippen LogP contribution in [0.3, 0.4) is 0 Å². The molecule has 0 spiro atoms. The Morgan fingerprint density at radius 1 is 0.857 bits per heavy atom. The molecule has 9 heteroatoms. The molecule has 2 heterocycles. The van der Waals surface area contributed by atoms with Gasteiger partial charge in [-0.15, -0.1) is 0 Å². The van der Waals surface area contributed by atoms with Crippen LogP contribution in [0.4, 0.5) is 42.0 Å². The molecule has 174 valence electrons. The summed E-state index contributed by atoms with van der Waals surface area (Å²) in [7, 11) is 0. The molecule has 3 amide bonds. The van der Waals surface area contributed by atoms with Gasteiger partial charge in [-0.2, -0.15) is 0 Å². The first kappa shape index (κ1) is 21.9. The van der Waals surface area contributed by atoms with Gasteiger partial charge < -0.3 is 26.3 Å². The Morgan fingerprint density at radius 3 is 2.51 bits per heavy atom. The van der Waals surface area contributed by atoms with Crippen LogP contribution in [0.25, 0.3) is 11.6 Å². The van der Waals surface area contributed by atoms with E-state index in [1.807, 2.05) is 30.3 Å². The third-order valence-electron chi connectivity index (χ3n) is 5.31. The van der Waals surface area contributed by atoms with Crippen LogP contribution in [-0.4, -0.2) is 16.9 Å². The van der Waals surface area contributed by atoms with Crippen molar-refractivity contribution in [1.29, 1.82) is 0 Å². The summed E-state index contributed by atoms with van der Waals surface area (Å²) in [5.41, 5.74) is 4.46. The molecular weight excluding hydrogens is 452 g/mol. The highest BCUT2D eigenvalue weighted by Crippen LogP contribution is 2.35. The highest BCUT2D eigenvalue weighted by Gasteiger charge is 2.24. The summed E-state index contributed by atoms with van der Waals surface area (Å²) < 4.78 is 27.1. The van der Waals surface area contributed by atoms with Crippen LogP contribution in [-0.2, 0) is 4.79 Å². The summed E-state index contributed by atoms with van der Waals surface area (Å²) in [6.07, 6.45) is 3.59. The van der Waals surface area contributed by atoms with E-state index in [2.05, 4.69) is 26.3 Å². The Bertz CT molecular complexity index is 1460. The molecule has 0 unspecified atom stereocenters. The molecule has 0 saturated carbocycles. The number of carbonyl (C=O) groups is 2. The van der Waals surface area contributed by atoms with Crippen LogP contribution in [0.15, 0.2) is 79.0 Å². The van der Waals surface area contributed by atoms with Gasteiger partial charge in [0.25, 0.3) is 5.91 Å². The zero-order valence-electron chi connectivity index (χ0n) is 18.2. The average Bonchev–Trinajstić information content (AvgIpc) is 3.44. The number of H-pyrrole nitrogens is 1. The van der Waals surface area contributed by atoms with Crippen molar-refractivity contribution in [2.45, 2.75) is 0 Å². The van der Waals surface area contributed by atoms with Crippen molar-refractivity contribution < 1.29 is 18.4 Å². The number of aromatic amines is 1. The number of anilines is 5. The van der Waals surface area contributed by atoms with Gasteiger partial charge in [0.1, 0.15) is 11.6 Å². The maximum absolute atomic E-state index is 13.8. The first-order valence-electron chi connectivity index (χ1n) is 10.7. The molecule has 5 N–H and O–H groups in total. The smallest absolute Gasteiger partial charge is 0.323 e. The Morgan fingerprint density at radius 2 is 1.69 bits per heavy atom. The number of aromatic nitrogens is 1. The lowest BCUT2D eigenvalue weighted by molar-refractivity contribution is -0.110. The Hall–Kier alpha value is -4.92. The molecule has 1 aliphatic rings. The number of rotatable bonds is 5. The molecule has 0 bridgehead atoms. The average molecular weight is 471 g/mol. The van der Waals surface area contributed by atoms with E-state index >= 15 is 0 Å². The number of hydrogen-bond acceptors (Lipinski definition) is 3. The van der Waals surface area contributed by atoms with Gasteiger partial charge in [0, 0.05) is 40.6 Å². The van der Waals surface area contributed by atoms with Crippen LogP contribution in [0.1, 0.15) is 11.3 Å². The number of urea groups is 1. The fraction of sp³-hybridized carbons (Fsp3) is 0. The molecular formula is C26H19F2N5O2. The van der Waals surface area contributed by atoms with Crippen molar-refractivity contribution in [2.75, 3.05) is 21.3 Å². The molecule has 0 saturated heterocycles. The normalized spacial score (nSPS) is 13.3. The van der Waals surface area contributed by atoms with Crippen molar-refractivity contribution in [3.05, 3.63) is 102 Å². The Kier molecular flexibility index (Phi) is 5.72. The monoisotopic (exact) mass is 471 g/mol. The molecule has 35 heavy (non-hydrogen) atoms. The molecule has 1 aromatic heterocycles. The SMILES string of the molecule is O=C(Nc1cccc(Nc2ccc3c(c2)NC(=O)C3=Cc2ccc[nH]2)c1)Nc1cc(F)ccc1F. The first-order chi connectivity index (χ1) is 16.9. The predicted octanol–water partition coefficient (Wildman–Crippen LogP) is 6.17. The zero-order valence-corrected chi connectivity index (χ0v) is 18.2. The molecule has 0 atom stereocenters. The van der Waals surface area contributed by atoms with Crippen LogP contribution >= 0.6 is 0 Å². The fourth-order valence-corrected chi connectivity index (χ4v) is 3.72. The van der Waals surface area contributed by atoms with Crippen molar-refractivity contribution in [3.63, 3.8) is 0 Å². The van der Waals surface area contributed by atoms with Gasteiger partial charge in [0.2, 0.25) is 0 Å². The molecule has 0 fully saturated rings. The summed E-state index contributed by atoms with van der Waals surface area (Å²) in [5.74, 6) is -1.59. The number of hydrogen-bond donors (Lipinski definition) is 5. The molecule has 5 rings (SSSR count). The van der Waals surface area contributed by atoms with E-state index in [1.54, 1.807) is 36.5 Å². The number of benzene rings is 3. The summed E-state index contributed by atoms with van der Waals surface area (Å²) in [5, 5.41) is 11.0. The zero-order chi connectivity index (χ0) is 24.4. The van der Waals surface area contributed by atoms with Gasteiger partial charge in [-0.1, -0.05) is 12.1 Å². The first-order valence-corrected chi connectivity index (χ1v) is 10.7. The van der Waals surface area contributed by atoms with Crippen LogP contribution in [0, 0.1) is 11.6 Å². The van der Waals surface area contributed by atoms with E-state index in [4.69, 9.17) is 0 Å². The summed E-state index contributed by atoms with van der Waals surface area (Å²) in [6.45, 7) is 0. The number of carbonyl (C=O) groups excluding carboxylic acids is 2. The second kappa shape index (κ2) is 9.14. The van der Waals surface area contributed by atoms with E-state index in [9.17, 15) is 18.4 Å². The van der Waals surface area contributed by atoms with Crippen LogP contribution < -0.4 is 21.3 Å². The van der Waals surface area contributed by atoms with Crippen LogP contribution in [0.5, 0.6) is 0 Å². The second-order valence-electron chi connectivity index (χ2n) is 7.81. The minimum Gasteiger partial charge on any atom is -0.362 e. The van der Waals surface area contributed by atoms with Crippen molar-refractivity contribution in [2.24, 2.45) is 0 Å². The molecule has 0 aliphatic carbocycles. The van der Waals surface area contributed by atoms with E-state index in [-0.39, 0.29) is 11.6 Å². The minimum atomic E-state index is -0.744. The van der Waals surface area contributed by atoms with E-state index < -0.39 is 17.7 Å². The largest absolute Gasteiger partial charge is 0.362 e. The van der Waals surface area contributed by atoms with Gasteiger partial charge in [0.05, 0.1) is 16.9 Å². The number of fused-ring (bicyclic) bond motifs is 1. The third-order valence-corrected chi connectivity index (χ3v) is 5.31. The number of amides is 3. The Balaban J connectivity index is 1.29. The van der Waals surface area contributed by atoms with Gasteiger partial charge in [-0.25, -0.2) is 13.6 Å². The van der Waals surface area contributed by atoms with E-state index in [1.165, 1.54) is 0 Å². The van der Waals surface area contributed by atoms with E-state index in [0.29, 0.717) is 22.6 Å². The summed E-state index contributed by atoms with van der Waals surface area (Å²) in [4.78, 5) is 27.7. The van der Waals surface area contributed by atoms with Crippen molar-refractivity contribution in [1.82, 2.24) is 4.98 Å². The lowest BCUT2D eigenvalue weighted by Crippen LogP contribution is -2.20. The molecule has 1 aliphatic heterocycles. The van der Waals surface area contributed by atoms with Crippen LogP contribution in [0.2, 0.25) is 0 Å². The maximum Gasteiger partial charge on any atom is 0.323 e. The van der Waals surface area contributed by atoms with E-state index in [0.717, 1.165) is 35.1 Å². The molecule has 4 aromatic rings. The molecule has 3 aromatic carbocycles. The highest BCUT2D eigenvalue weighted by atomic mass is 19.1. The molecule has 7 nitrogen and oxygen atoms in total. The standard InChI is InChI=1S/C26H19F2N5O2/c27-15-6-9-22(28)24(11-15)33-26(35)31-18-4-1-3-17(12-18)30-19-7-8-20-21(13-16-5-2-10-29-16)25(34)32-23(20)14-19/h1-14,29-30H,(H,32,34)(H2,31,33,35). The highest BCUT2D eigenvalue weighted by molar-refractivity contribution is 6.35.